The van der Waals surface area contributed by atoms with E-state index in [1.807, 2.05) is 31.2 Å². The first-order chi connectivity index (χ1) is 11.5. The number of rotatable bonds is 6. The van der Waals surface area contributed by atoms with Crippen molar-refractivity contribution in [3.8, 4) is 5.75 Å². The zero-order valence-electron chi connectivity index (χ0n) is 13.6. The van der Waals surface area contributed by atoms with Crippen molar-refractivity contribution in [3.63, 3.8) is 0 Å². The summed E-state index contributed by atoms with van der Waals surface area (Å²) in [5.41, 5.74) is 2.26. The van der Waals surface area contributed by atoms with Crippen LogP contribution in [0.25, 0.3) is 0 Å². The Morgan fingerprint density at radius 1 is 1.08 bits per heavy atom. The van der Waals surface area contributed by atoms with E-state index in [0.717, 1.165) is 17.7 Å². The molecule has 0 fully saturated rings. The van der Waals surface area contributed by atoms with Crippen molar-refractivity contribution >= 4 is 34.8 Å². The number of nitrogens with one attached hydrogen (secondary N) is 2. The first-order valence-electron chi connectivity index (χ1n) is 7.54. The zero-order valence-corrected chi connectivity index (χ0v) is 14.3. The van der Waals surface area contributed by atoms with Crippen molar-refractivity contribution in [2.75, 3.05) is 17.7 Å². The Kier molecular flexibility index (Phi) is 6.21. The first-order valence-corrected chi connectivity index (χ1v) is 7.92. The van der Waals surface area contributed by atoms with Gasteiger partial charge >= 0.3 is 0 Å². The number of hydrogen-bond donors (Lipinski definition) is 2. The standard InChI is InChI=1S/C18H19ClN2O3/c1-3-12-6-4-5-7-15(12)21-18(23)11-17(22)20-13-8-9-16(24-2)14(19)10-13/h4-10H,3,11H2,1-2H3,(H,20,22)(H,21,23). The van der Waals surface area contributed by atoms with Crippen LogP contribution in [0.15, 0.2) is 42.5 Å². The maximum Gasteiger partial charge on any atom is 0.233 e. The van der Waals surface area contributed by atoms with Crippen molar-refractivity contribution in [3.05, 3.63) is 53.1 Å². The van der Waals surface area contributed by atoms with E-state index < -0.39 is 5.91 Å². The number of amides is 2. The van der Waals surface area contributed by atoms with Gasteiger partial charge < -0.3 is 15.4 Å². The molecular formula is C18H19ClN2O3. The van der Waals surface area contributed by atoms with E-state index in [-0.39, 0.29) is 12.3 Å². The fourth-order valence-corrected chi connectivity index (χ4v) is 2.50. The minimum absolute atomic E-state index is 0.276. The summed E-state index contributed by atoms with van der Waals surface area (Å²) >= 11 is 6.00. The minimum Gasteiger partial charge on any atom is -0.495 e. The fourth-order valence-electron chi connectivity index (χ4n) is 2.24. The maximum atomic E-state index is 12.0. The fraction of sp³-hybridized carbons (Fsp3) is 0.222. The molecule has 0 aliphatic rings. The number of halogens is 1. The summed E-state index contributed by atoms with van der Waals surface area (Å²) in [7, 11) is 1.51. The average molecular weight is 347 g/mol. The van der Waals surface area contributed by atoms with Gasteiger partial charge in [0.15, 0.2) is 0 Å². The lowest BCUT2D eigenvalue weighted by atomic mass is 10.1. The first kappa shape index (κ1) is 17.8. The molecule has 5 nitrogen and oxygen atoms in total. The lowest BCUT2D eigenvalue weighted by Crippen LogP contribution is -2.21. The second-order valence-corrected chi connectivity index (χ2v) is 5.54. The van der Waals surface area contributed by atoms with Gasteiger partial charge in [-0.05, 0) is 36.2 Å². The van der Waals surface area contributed by atoms with Crippen LogP contribution in [-0.2, 0) is 16.0 Å². The highest BCUT2D eigenvalue weighted by molar-refractivity contribution is 6.32. The van der Waals surface area contributed by atoms with Crippen LogP contribution in [0.3, 0.4) is 0 Å². The van der Waals surface area contributed by atoms with Crippen LogP contribution < -0.4 is 15.4 Å². The quantitative estimate of drug-likeness (QED) is 0.780. The summed E-state index contributed by atoms with van der Waals surface area (Å²) in [6.45, 7) is 2.01. The van der Waals surface area contributed by atoms with Crippen LogP contribution in [0.4, 0.5) is 11.4 Å². The van der Waals surface area contributed by atoms with Crippen LogP contribution >= 0.6 is 11.6 Å². The van der Waals surface area contributed by atoms with E-state index in [1.54, 1.807) is 18.2 Å². The Labute approximate surface area is 146 Å². The molecular weight excluding hydrogens is 328 g/mol. The Bertz CT molecular complexity index is 747. The Morgan fingerprint density at radius 3 is 2.46 bits per heavy atom. The third-order valence-corrected chi connectivity index (χ3v) is 3.72. The average Bonchev–Trinajstić information content (AvgIpc) is 2.55. The molecule has 24 heavy (non-hydrogen) atoms. The molecule has 0 atom stereocenters. The number of anilines is 2. The molecule has 2 aromatic rings. The smallest absolute Gasteiger partial charge is 0.233 e. The molecule has 2 aromatic carbocycles. The highest BCUT2D eigenvalue weighted by atomic mass is 35.5. The number of aryl methyl sites for hydroxylation is 1. The van der Waals surface area contributed by atoms with Gasteiger partial charge in [-0.3, -0.25) is 9.59 Å². The van der Waals surface area contributed by atoms with Crippen LogP contribution in [0.2, 0.25) is 5.02 Å². The second-order valence-electron chi connectivity index (χ2n) is 5.13. The molecule has 126 valence electrons. The Balaban J connectivity index is 1.94. The van der Waals surface area contributed by atoms with E-state index in [1.165, 1.54) is 7.11 Å². The molecule has 0 radical (unpaired) electrons. The molecule has 0 saturated heterocycles. The van der Waals surface area contributed by atoms with Gasteiger partial charge in [-0.15, -0.1) is 0 Å². The molecule has 0 heterocycles. The number of hydrogen-bond acceptors (Lipinski definition) is 3. The minimum atomic E-state index is -0.414. The molecule has 0 unspecified atom stereocenters. The largest absolute Gasteiger partial charge is 0.495 e. The van der Waals surface area contributed by atoms with Crippen LogP contribution in [0, 0.1) is 0 Å². The predicted molar refractivity (Wildman–Crippen MR) is 95.7 cm³/mol. The molecule has 0 saturated carbocycles. The number of carbonyl (C=O) groups excluding carboxylic acids is 2. The summed E-state index contributed by atoms with van der Waals surface area (Å²) in [5.74, 6) is -0.265. The number of carbonyl (C=O) groups is 2. The van der Waals surface area contributed by atoms with E-state index >= 15 is 0 Å². The number of ether oxygens (including phenoxy) is 1. The molecule has 2 rings (SSSR count). The van der Waals surface area contributed by atoms with Gasteiger partial charge in [0.25, 0.3) is 0 Å². The highest BCUT2D eigenvalue weighted by Crippen LogP contribution is 2.27. The van der Waals surface area contributed by atoms with Crippen molar-refractivity contribution < 1.29 is 14.3 Å². The molecule has 0 bridgehead atoms. The molecule has 0 spiro atoms. The Hall–Kier alpha value is -2.53. The summed E-state index contributed by atoms with van der Waals surface area (Å²) in [6.07, 6.45) is 0.523. The van der Waals surface area contributed by atoms with Crippen molar-refractivity contribution in [2.45, 2.75) is 19.8 Å². The van der Waals surface area contributed by atoms with E-state index in [4.69, 9.17) is 16.3 Å². The second kappa shape index (κ2) is 8.36. The number of benzene rings is 2. The van der Waals surface area contributed by atoms with E-state index in [9.17, 15) is 9.59 Å². The third kappa shape index (κ3) is 4.73. The van der Waals surface area contributed by atoms with Gasteiger partial charge in [-0.1, -0.05) is 36.7 Å². The Morgan fingerprint density at radius 2 is 1.79 bits per heavy atom. The molecule has 0 aliphatic carbocycles. The molecule has 2 amide bonds. The van der Waals surface area contributed by atoms with Crippen molar-refractivity contribution in [2.24, 2.45) is 0 Å². The van der Waals surface area contributed by atoms with Crippen molar-refractivity contribution in [1.82, 2.24) is 0 Å². The molecule has 6 heteroatoms. The molecule has 0 aromatic heterocycles. The summed E-state index contributed by atoms with van der Waals surface area (Å²) in [5, 5.41) is 5.79. The highest BCUT2D eigenvalue weighted by Gasteiger charge is 2.12. The van der Waals surface area contributed by atoms with Gasteiger partial charge in [-0.2, -0.15) is 0 Å². The van der Waals surface area contributed by atoms with Gasteiger partial charge in [0, 0.05) is 11.4 Å². The van der Waals surface area contributed by atoms with Crippen LogP contribution in [0.1, 0.15) is 18.9 Å². The van der Waals surface area contributed by atoms with Gasteiger partial charge in [0.2, 0.25) is 11.8 Å². The van der Waals surface area contributed by atoms with Gasteiger partial charge in [-0.25, -0.2) is 0 Å². The van der Waals surface area contributed by atoms with Crippen LogP contribution in [0.5, 0.6) is 5.75 Å². The third-order valence-electron chi connectivity index (χ3n) is 3.43. The summed E-state index contributed by atoms with van der Waals surface area (Å²) in [6, 6.07) is 12.4. The summed E-state index contributed by atoms with van der Waals surface area (Å²) in [4.78, 5) is 24.0. The molecule has 0 aliphatic heterocycles. The summed E-state index contributed by atoms with van der Waals surface area (Å²) < 4.78 is 5.05. The number of para-hydroxylation sites is 1. The monoisotopic (exact) mass is 346 g/mol. The van der Waals surface area contributed by atoms with E-state index in [2.05, 4.69) is 10.6 Å². The van der Waals surface area contributed by atoms with Gasteiger partial charge in [0.05, 0.1) is 12.1 Å². The normalized spacial score (nSPS) is 10.1. The lowest BCUT2D eigenvalue weighted by molar-refractivity contribution is -0.123. The van der Waals surface area contributed by atoms with Gasteiger partial charge in [0.1, 0.15) is 12.2 Å². The lowest BCUT2D eigenvalue weighted by Gasteiger charge is -2.10. The maximum absolute atomic E-state index is 12.0. The number of methoxy groups -OCH3 is 1. The van der Waals surface area contributed by atoms with E-state index in [0.29, 0.717) is 16.5 Å². The van der Waals surface area contributed by atoms with Crippen LogP contribution in [-0.4, -0.2) is 18.9 Å². The zero-order chi connectivity index (χ0) is 17.5. The topological polar surface area (TPSA) is 67.4 Å². The molecule has 2 N–H and O–H groups in total. The van der Waals surface area contributed by atoms with Crippen molar-refractivity contribution in [1.29, 1.82) is 0 Å². The SMILES string of the molecule is CCc1ccccc1NC(=O)CC(=O)Nc1ccc(OC)c(Cl)c1. The predicted octanol–water partition coefficient (Wildman–Crippen LogP) is 3.88.